The number of carbonyl (C=O) groups is 1. The topological polar surface area (TPSA) is 86.3 Å². The zero-order valence-electron chi connectivity index (χ0n) is 23.7. The van der Waals surface area contributed by atoms with E-state index in [2.05, 4.69) is 69.3 Å². The molecule has 0 amide bonds. The first kappa shape index (κ1) is 27.4. The highest BCUT2D eigenvalue weighted by molar-refractivity contribution is 5.80. The van der Waals surface area contributed by atoms with Crippen molar-refractivity contribution in [1.82, 2.24) is 14.3 Å². The Kier molecular flexibility index (Phi) is 7.66. The molecule has 7 nitrogen and oxygen atoms in total. The highest BCUT2D eigenvalue weighted by Crippen LogP contribution is 2.37. The van der Waals surface area contributed by atoms with E-state index in [1.807, 2.05) is 25.1 Å². The number of benzene rings is 3. The molecule has 5 rings (SSSR count). The van der Waals surface area contributed by atoms with Crippen LogP contribution in [0.25, 0.3) is 11.1 Å². The first-order valence-electron chi connectivity index (χ1n) is 14.0. The zero-order chi connectivity index (χ0) is 28.4. The minimum Gasteiger partial charge on any atom is -0.492 e. The number of aryl methyl sites for hydroxylation is 2. The minimum absolute atomic E-state index is 0.0633. The van der Waals surface area contributed by atoms with Gasteiger partial charge in [-0.15, -0.1) is 0 Å². The van der Waals surface area contributed by atoms with E-state index >= 15 is 0 Å². The van der Waals surface area contributed by atoms with E-state index in [9.17, 15) is 14.7 Å². The zero-order valence-corrected chi connectivity index (χ0v) is 23.7. The fourth-order valence-corrected chi connectivity index (χ4v) is 5.29. The number of fused-ring (bicyclic) bond motifs is 1. The molecular weight excluding hydrogens is 502 g/mol. The Hall–Kier alpha value is -4.13. The van der Waals surface area contributed by atoms with Crippen molar-refractivity contribution in [2.75, 3.05) is 6.61 Å². The Morgan fingerprint density at radius 3 is 2.30 bits per heavy atom. The summed E-state index contributed by atoms with van der Waals surface area (Å²) >= 11 is 0. The van der Waals surface area contributed by atoms with Crippen LogP contribution in [0, 0.1) is 0 Å². The Morgan fingerprint density at radius 2 is 1.65 bits per heavy atom. The minimum atomic E-state index is -0.862. The summed E-state index contributed by atoms with van der Waals surface area (Å²) in [5, 5.41) is 14.2. The first-order chi connectivity index (χ1) is 19.1. The molecule has 1 N–H and O–H groups in total. The van der Waals surface area contributed by atoms with Gasteiger partial charge in [0.2, 0.25) is 0 Å². The number of hydrogen-bond acceptors (Lipinski definition) is 4. The normalized spacial score (nSPS) is 14.7. The Bertz CT molecular complexity index is 1560. The van der Waals surface area contributed by atoms with E-state index in [0.29, 0.717) is 18.8 Å². The Morgan fingerprint density at radius 1 is 0.975 bits per heavy atom. The molecule has 2 heterocycles. The van der Waals surface area contributed by atoms with E-state index in [0.717, 1.165) is 47.3 Å². The van der Waals surface area contributed by atoms with Crippen molar-refractivity contribution in [2.45, 2.75) is 71.4 Å². The molecule has 0 bridgehead atoms. The second kappa shape index (κ2) is 11.2. The molecule has 0 saturated heterocycles. The maximum absolute atomic E-state index is 13.0. The molecule has 208 valence electrons. The van der Waals surface area contributed by atoms with Gasteiger partial charge in [-0.1, -0.05) is 75.4 Å². The van der Waals surface area contributed by atoms with Gasteiger partial charge < -0.3 is 9.84 Å². The van der Waals surface area contributed by atoms with Crippen LogP contribution < -0.4 is 10.4 Å². The molecule has 7 heteroatoms. The molecule has 1 aliphatic rings. The van der Waals surface area contributed by atoms with Gasteiger partial charge in [0.25, 0.3) is 0 Å². The Labute approximate surface area is 235 Å². The van der Waals surface area contributed by atoms with Crippen LogP contribution >= 0.6 is 0 Å². The quantitative estimate of drug-likeness (QED) is 0.290. The van der Waals surface area contributed by atoms with Crippen molar-refractivity contribution in [3.63, 3.8) is 0 Å². The molecule has 0 spiro atoms. The molecule has 4 aromatic rings. The maximum atomic E-state index is 13.0. The SMILES string of the molecule is CCn1c(CCCc2ccc(-c3ccc4c(c3)C(C(=O)O)CO4)cc2)nn(Cc2ccc(C(C)(C)C)cc2)c1=O. The van der Waals surface area contributed by atoms with Gasteiger partial charge in [-0.3, -0.25) is 9.36 Å². The number of hydrogen-bond donors (Lipinski definition) is 1. The van der Waals surface area contributed by atoms with E-state index in [1.54, 1.807) is 9.25 Å². The van der Waals surface area contributed by atoms with Crippen LogP contribution in [0.3, 0.4) is 0 Å². The van der Waals surface area contributed by atoms with Crippen molar-refractivity contribution >= 4 is 5.97 Å². The maximum Gasteiger partial charge on any atom is 0.346 e. The molecule has 1 atom stereocenters. The Balaban J connectivity index is 1.22. The third kappa shape index (κ3) is 5.74. The van der Waals surface area contributed by atoms with Crippen LogP contribution in [0.2, 0.25) is 0 Å². The predicted octanol–water partition coefficient (Wildman–Crippen LogP) is 5.81. The number of carboxylic acids is 1. The molecule has 1 aliphatic heterocycles. The molecule has 1 unspecified atom stereocenters. The lowest BCUT2D eigenvalue weighted by atomic mass is 9.87. The third-order valence-corrected chi connectivity index (χ3v) is 7.71. The van der Waals surface area contributed by atoms with E-state index in [-0.39, 0.29) is 17.7 Å². The van der Waals surface area contributed by atoms with Gasteiger partial charge >= 0.3 is 11.7 Å². The molecule has 40 heavy (non-hydrogen) atoms. The summed E-state index contributed by atoms with van der Waals surface area (Å²) in [5.41, 5.74) is 6.32. The summed E-state index contributed by atoms with van der Waals surface area (Å²) in [6, 6.07) is 22.6. The number of aliphatic carboxylic acids is 1. The van der Waals surface area contributed by atoms with E-state index in [1.165, 1.54) is 11.1 Å². The van der Waals surface area contributed by atoms with Gasteiger partial charge in [0.15, 0.2) is 0 Å². The lowest BCUT2D eigenvalue weighted by Gasteiger charge is -2.19. The second-order valence-electron chi connectivity index (χ2n) is 11.6. The largest absolute Gasteiger partial charge is 0.492 e. The van der Waals surface area contributed by atoms with Crippen LogP contribution in [0.4, 0.5) is 0 Å². The van der Waals surface area contributed by atoms with Crippen molar-refractivity contribution in [3.05, 3.63) is 105 Å². The molecule has 0 saturated carbocycles. The smallest absolute Gasteiger partial charge is 0.346 e. The fourth-order valence-electron chi connectivity index (χ4n) is 5.29. The predicted molar refractivity (Wildman–Crippen MR) is 156 cm³/mol. The van der Waals surface area contributed by atoms with Gasteiger partial charge in [0.1, 0.15) is 24.1 Å². The summed E-state index contributed by atoms with van der Waals surface area (Å²) in [5.74, 6) is -0.00505. The van der Waals surface area contributed by atoms with Crippen molar-refractivity contribution < 1.29 is 14.6 Å². The standard InChI is InChI=1S/C33H37N3O4/c1-5-35-30(34-36(32(35)39)20-23-11-16-26(17-12-23)33(2,3)4)8-6-7-22-9-13-24(14-10-22)25-15-18-29-27(19-25)28(21-40-29)31(37)38/h9-19,28H,5-8,20-21H2,1-4H3,(H,37,38). The molecule has 1 aromatic heterocycles. The van der Waals surface area contributed by atoms with Gasteiger partial charge in [0.05, 0.1) is 6.54 Å². The fraction of sp³-hybridized carbons (Fsp3) is 0.364. The summed E-state index contributed by atoms with van der Waals surface area (Å²) in [6.45, 7) is 9.81. The van der Waals surface area contributed by atoms with Crippen LogP contribution in [0.15, 0.2) is 71.5 Å². The van der Waals surface area contributed by atoms with Crippen molar-refractivity contribution in [2.24, 2.45) is 0 Å². The number of carboxylic acid groups (broad SMARTS) is 1. The van der Waals surface area contributed by atoms with E-state index < -0.39 is 11.9 Å². The summed E-state index contributed by atoms with van der Waals surface area (Å²) in [4.78, 5) is 24.5. The summed E-state index contributed by atoms with van der Waals surface area (Å²) in [7, 11) is 0. The third-order valence-electron chi connectivity index (χ3n) is 7.71. The molecule has 0 aliphatic carbocycles. The van der Waals surface area contributed by atoms with Crippen molar-refractivity contribution in [3.8, 4) is 16.9 Å². The molecule has 0 fully saturated rings. The van der Waals surface area contributed by atoms with Gasteiger partial charge in [-0.25, -0.2) is 9.48 Å². The number of aromatic nitrogens is 3. The second-order valence-corrected chi connectivity index (χ2v) is 11.6. The lowest BCUT2D eigenvalue weighted by molar-refractivity contribution is -0.138. The van der Waals surface area contributed by atoms with Crippen LogP contribution in [-0.4, -0.2) is 32.0 Å². The average Bonchev–Trinajstić information content (AvgIpc) is 3.49. The van der Waals surface area contributed by atoms with E-state index in [4.69, 9.17) is 9.84 Å². The van der Waals surface area contributed by atoms with Gasteiger partial charge in [0, 0.05) is 18.5 Å². The van der Waals surface area contributed by atoms with Crippen LogP contribution in [0.5, 0.6) is 5.75 Å². The molecule has 3 aromatic carbocycles. The summed E-state index contributed by atoms with van der Waals surface area (Å²) < 4.78 is 8.88. The lowest BCUT2D eigenvalue weighted by Crippen LogP contribution is -2.25. The van der Waals surface area contributed by atoms with Gasteiger partial charge in [-0.2, -0.15) is 5.10 Å². The number of rotatable bonds is 9. The highest BCUT2D eigenvalue weighted by atomic mass is 16.5. The van der Waals surface area contributed by atoms with Crippen LogP contribution in [0.1, 0.15) is 68.1 Å². The van der Waals surface area contributed by atoms with Crippen molar-refractivity contribution in [1.29, 1.82) is 0 Å². The first-order valence-corrected chi connectivity index (χ1v) is 14.0. The summed E-state index contributed by atoms with van der Waals surface area (Å²) in [6.07, 6.45) is 2.48. The number of ether oxygens (including phenoxy) is 1. The average molecular weight is 540 g/mol. The molecular formula is C33H37N3O4. The highest BCUT2D eigenvalue weighted by Gasteiger charge is 2.30. The van der Waals surface area contributed by atoms with Gasteiger partial charge in [-0.05, 0) is 65.1 Å². The molecule has 0 radical (unpaired) electrons. The number of nitrogens with zero attached hydrogens (tertiary/aromatic N) is 3. The van der Waals surface area contributed by atoms with Crippen LogP contribution in [-0.2, 0) is 36.1 Å². The monoisotopic (exact) mass is 539 g/mol.